The quantitative estimate of drug-likeness (QED) is 0.540. The molecule has 0 saturated carbocycles. The van der Waals surface area contributed by atoms with E-state index < -0.39 is 0 Å². The predicted molar refractivity (Wildman–Crippen MR) is 95.8 cm³/mol. The van der Waals surface area contributed by atoms with Crippen molar-refractivity contribution in [3.05, 3.63) is 58.8 Å². The van der Waals surface area contributed by atoms with Gasteiger partial charge in [-0.2, -0.15) is 9.61 Å². The smallest absolute Gasteiger partial charge is 0.235 e. The van der Waals surface area contributed by atoms with Crippen LogP contribution in [-0.4, -0.2) is 19.8 Å². The Balaban J connectivity index is 1.60. The topological polar surface area (TPSA) is 56.2 Å². The SMILES string of the molecule is CC(C)c1ccc(/C=C/c2nn3c(-c4ccco4)nnc3s2)cc1. The molecule has 0 radical (unpaired) electrons. The molecule has 0 spiro atoms. The summed E-state index contributed by atoms with van der Waals surface area (Å²) in [4.78, 5) is 0.746. The molecular weight excluding hydrogens is 320 g/mol. The van der Waals surface area contributed by atoms with Gasteiger partial charge in [-0.25, -0.2) is 0 Å². The first-order valence-electron chi connectivity index (χ1n) is 7.75. The van der Waals surface area contributed by atoms with E-state index in [1.54, 1.807) is 10.8 Å². The average Bonchev–Trinajstić information content (AvgIpc) is 3.29. The monoisotopic (exact) mass is 336 g/mol. The molecule has 0 amide bonds. The molecule has 0 atom stereocenters. The Morgan fingerprint density at radius 3 is 2.62 bits per heavy atom. The van der Waals surface area contributed by atoms with Crippen LogP contribution in [0, 0.1) is 0 Å². The normalized spacial score (nSPS) is 12.0. The van der Waals surface area contributed by atoms with Gasteiger partial charge in [0.1, 0.15) is 5.01 Å². The second kappa shape index (κ2) is 6.05. The Morgan fingerprint density at radius 1 is 1.08 bits per heavy atom. The fourth-order valence-electron chi connectivity index (χ4n) is 2.42. The largest absolute Gasteiger partial charge is 0.461 e. The van der Waals surface area contributed by atoms with Crippen molar-refractivity contribution in [1.82, 2.24) is 19.8 Å². The van der Waals surface area contributed by atoms with E-state index in [1.807, 2.05) is 18.2 Å². The molecular formula is C18H16N4OS. The molecule has 4 aromatic rings. The number of nitrogens with zero attached hydrogens (tertiary/aromatic N) is 4. The Hall–Kier alpha value is -2.73. The lowest BCUT2D eigenvalue weighted by molar-refractivity contribution is 0.575. The van der Waals surface area contributed by atoms with Gasteiger partial charge in [0.2, 0.25) is 10.8 Å². The summed E-state index contributed by atoms with van der Waals surface area (Å²) in [5.74, 6) is 1.82. The van der Waals surface area contributed by atoms with Crippen molar-refractivity contribution >= 4 is 28.4 Å². The van der Waals surface area contributed by atoms with Crippen molar-refractivity contribution in [1.29, 1.82) is 0 Å². The number of hydrogen-bond acceptors (Lipinski definition) is 5. The van der Waals surface area contributed by atoms with Crippen molar-refractivity contribution in [2.75, 3.05) is 0 Å². The third-order valence-electron chi connectivity index (χ3n) is 3.77. The molecule has 0 fully saturated rings. The van der Waals surface area contributed by atoms with Crippen LogP contribution in [0.25, 0.3) is 28.7 Å². The average molecular weight is 336 g/mol. The van der Waals surface area contributed by atoms with E-state index in [0.717, 1.165) is 15.5 Å². The number of rotatable bonds is 4. The number of fused-ring (bicyclic) bond motifs is 1. The Labute approximate surface area is 143 Å². The summed E-state index contributed by atoms with van der Waals surface area (Å²) in [6, 6.07) is 12.3. The summed E-state index contributed by atoms with van der Waals surface area (Å²) in [5, 5.41) is 13.7. The molecule has 0 aliphatic rings. The van der Waals surface area contributed by atoms with Gasteiger partial charge in [0, 0.05) is 0 Å². The van der Waals surface area contributed by atoms with Crippen molar-refractivity contribution in [2.45, 2.75) is 19.8 Å². The van der Waals surface area contributed by atoms with Gasteiger partial charge in [0.15, 0.2) is 5.76 Å². The summed E-state index contributed by atoms with van der Waals surface area (Å²) in [6.45, 7) is 4.39. The Bertz CT molecular complexity index is 978. The molecule has 3 heterocycles. The number of hydrogen-bond donors (Lipinski definition) is 0. The van der Waals surface area contributed by atoms with Crippen molar-refractivity contribution in [2.24, 2.45) is 0 Å². The molecule has 4 rings (SSSR count). The lowest BCUT2D eigenvalue weighted by Crippen LogP contribution is -1.89. The molecule has 120 valence electrons. The lowest BCUT2D eigenvalue weighted by atomic mass is 10.0. The van der Waals surface area contributed by atoms with Crippen LogP contribution in [0.2, 0.25) is 0 Å². The number of benzene rings is 1. The maximum atomic E-state index is 5.38. The van der Waals surface area contributed by atoms with E-state index in [4.69, 9.17) is 4.42 Å². The van der Waals surface area contributed by atoms with Crippen molar-refractivity contribution < 1.29 is 4.42 Å². The fourth-order valence-corrected chi connectivity index (χ4v) is 3.16. The summed E-state index contributed by atoms with van der Waals surface area (Å²) < 4.78 is 7.09. The highest BCUT2D eigenvalue weighted by Crippen LogP contribution is 2.23. The standard InChI is InChI=1S/C18H16N4OS/c1-12(2)14-8-5-13(6-9-14)7-10-16-21-22-17(15-4-3-11-23-15)19-20-18(22)24-16/h3-12H,1-2H3/b10-7+. The summed E-state index contributed by atoms with van der Waals surface area (Å²) >= 11 is 1.49. The van der Waals surface area contributed by atoms with Crippen LogP contribution in [-0.2, 0) is 0 Å². The van der Waals surface area contributed by atoms with E-state index in [1.165, 1.54) is 16.9 Å². The van der Waals surface area contributed by atoms with Gasteiger partial charge in [-0.1, -0.05) is 55.5 Å². The molecule has 0 N–H and O–H groups in total. The molecule has 0 unspecified atom stereocenters. The van der Waals surface area contributed by atoms with E-state index in [0.29, 0.717) is 17.5 Å². The molecule has 3 aromatic heterocycles. The lowest BCUT2D eigenvalue weighted by Gasteiger charge is -2.04. The van der Waals surface area contributed by atoms with Gasteiger partial charge >= 0.3 is 0 Å². The summed E-state index contributed by atoms with van der Waals surface area (Å²) in [7, 11) is 0. The van der Waals surface area contributed by atoms with E-state index in [-0.39, 0.29) is 0 Å². The van der Waals surface area contributed by atoms with Crippen molar-refractivity contribution in [3.63, 3.8) is 0 Å². The molecule has 0 bridgehead atoms. The molecule has 24 heavy (non-hydrogen) atoms. The first-order chi connectivity index (χ1) is 11.7. The highest BCUT2D eigenvalue weighted by molar-refractivity contribution is 7.17. The third-order valence-corrected chi connectivity index (χ3v) is 4.63. The first-order valence-corrected chi connectivity index (χ1v) is 8.56. The molecule has 6 heteroatoms. The zero-order valence-corrected chi connectivity index (χ0v) is 14.2. The maximum absolute atomic E-state index is 5.38. The number of furan rings is 1. The van der Waals surface area contributed by atoms with E-state index in [2.05, 4.69) is 59.5 Å². The maximum Gasteiger partial charge on any atom is 0.235 e. The van der Waals surface area contributed by atoms with Gasteiger partial charge < -0.3 is 4.42 Å². The van der Waals surface area contributed by atoms with Crippen LogP contribution in [0.5, 0.6) is 0 Å². The minimum Gasteiger partial charge on any atom is -0.461 e. The molecule has 0 aliphatic carbocycles. The Morgan fingerprint density at radius 2 is 1.92 bits per heavy atom. The van der Waals surface area contributed by atoms with E-state index in [9.17, 15) is 0 Å². The van der Waals surface area contributed by atoms with E-state index >= 15 is 0 Å². The van der Waals surface area contributed by atoms with Gasteiger partial charge in [0.25, 0.3) is 0 Å². The predicted octanol–water partition coefficient (Wildman–Crippen LogP) is 4.74. The minimum atomic E-state index is 0.544. The molecule has 0 aliphatic heterocycles. The Kier molecular flexibility index (Phi) is 3.74. The van der Waals surface area contributed by atoms with Crippen LogP contribution in [0.4, 0.5) is 0 Å². The van der Waals surface area contributed by atoms with Crippen LogP contribution in [0.1, 0.15) is 35.9 Å². The second-order valence-corrected chi connectivity index (χ2v) is 6.78. The molecule has 5 nitrogen and oxygen atoms in total. The summed E-state index contributed by atoms with van der Waals surface area (Å²) in [5.41, 5.74) is 2.49. The highest BCUT2D eigenvalue weighted by atomic mass is 32.1. The first kappa shape index (κ1) is 14.8. The fraction of sp³-hybridized carbons (Fsp3) is 0.167. The van der Waals surface area contributed by atoms with Crippen LogP contribution >= 0.6 is 11.3 Å². The molecule has 1 aromatic carbocycles. The molecule has 0 saturated heterocycles. The van der Waals surface area contributed by atoms with Gasteiger partial charge in [-0.15, -0.1) is 10.2 Å². The minimum absolute atomic E-state index is 0.544. The zero-order chi connectivity index (χ0) is 16.5. The van der Waals surface area contributed by atoms with Crippen LogP contribution < -0.4 is 0 Å². The highest BCUT2D eigenvalue weighted by Gasteiger charge is 2.14. The number of aromatic nitrogens is 4. The van der Waals surface area contributed by atoms with Gasteiger partial charge in [-0.3, -0.25) is 0 Å². The second-order valence-electron chi connectivity index (χ2n) is 5.79. The van der Waals surface area contributed by atoms with Gasteiger partial charge in [-0.05, 0) is 35.3 Å². The van der Waals surface area contributed by atoms with Crippen molar-refractivity contribution in [3.8, 4) is 11.6 Å². The van der Waals surface area contributed by atoms with Gasteiger partial charge in [0.05, 0.1) is 6.26 Å². The zero-order valence-electron chi connectivity index (χ0n) is 13.4. The van der Waals surface area contributed by atoms with Crippen LogP contribution in [0.15, 0.2) is 47.1 Å². The summed E-state index contributed by atoms with van der Waals surface area (Å²) in [6.07, 6.45) is 5.67. The van der Waals surface area contributed by atoms with Crippen LogP contribution in [0.3, 0.4) is 0 Å². The third kappa shape index (κ3) is 2.76.